The van der Waals surface area contributed by atoms with Crippen molar-refractivity contribution in [1.82, 2.24) is 0 Å². The van der Waals surface area contributed by atoms with Crippen LogP contribution >= 0.6 is 0 Å². The zero-order valence-corrected chi connectivity index (χ0v) is 16.1. The second-order valence-electron chi connectivity index (χ2n) is 7.36. The van der Waals surface area contributed by atoms with Crippen LogP contribution in [0.25, 0.3) is 10.8 Å². The van der Waals surface area contributed by atoms with Gasteiger partial charge in [0.15, 0.2) is 6.10 Å². The van der Waals surface area contributed by atoms with Crippen LogP contribution < -0.4 is 10.1 Å². The molecule has 0 saturated carbocycles. The number of aryl methyl sites for hydroxylation is 4. The first-order valence-corrected chi connectivity index (χ1v) is 9.65. The molecule has 0 saturated heterocycles. The number of nitrogens with one attached hydrogen (secondary N) is 1. The molecule has 0 bridgehead atoms. The van der Waals surface area contributed by atoms with Gasteiger partial charge in [0.1, 0.15) is 5.75 Å². The molecule has 3 nitrogen and oxygen atoms in total. The number of amides is 1. The van der Waals surface area contributed by atoms with Crippen molar-refractivity contribution in [3.05, 3.63) is 70.8 Å². The normalized spacial score (nSPS) is 13.6. The average molecular weight is 359 g/mol. The maximum atomic E-state index is 12.9. The Balaban J connectivity index is 1.57. The van der Waals surface area contributed by atoms with E-state index in [4.69, 9.17) is 4.74 Å². The number of hydrogen-bond acceptors (Lipinski definition) is 2. The van der Waals surface area contributed by atoms with E-state index in [9.17, 15) is 4.79 Å². The van der Waals surface area contributed by atoms with Gasteiger partial charge in [-0.3, -0.25) is 4.79 Å². The molecule has 0 spiro atoms. The van der Waals surface area contributed by atoms with Crippen LogP contribution in [0.1, 0.15) is 35.6 Å². The van der Waals surface area contributed by atoms with Gasteiger partial charge < -0.3 is 10.1 Å². The van der Waals surface area contributed by atoms with E-state index >= 15 is 0 Å². The molecule has 0 fully saturated rings. The maximum absolute atomic E-state index is 12.9. The highest BCUT2D eigenvalue weighted by molar-refractivity contribution is 6.06. The van der Waals surface area contributed by atoms with Crippen molar-refractivity contribution in [2.45, 2.75) is 46.1 Å². The highest BCUT2D eigenvalue weighted by Gasteiger charge is 2.21. The van der Waals surface area contributed by atoms with Gasteiger partial charge in [-0.1, -0.05) is 37.3 Å². The summed E-state index contributed by atoms with van der Waals surface area (Å²) < 4.78 is 5.99. The van der Waals surface area contributed by atoms with Gasteiger partial charge in [0.2, 0.25) is 0 Å². The lowest BCUT2D eigenvalue weighted by atomic mass is 10.0. The third kappa shape index (κ3) is 3.30. The van der Waals surface area contributed by atoms with E-state index < -0.39 is 6.10 Å². The Bertz CT molecular complexity index is 1010. The van der Waals surface area contributed by atoms with Crippen molar-refractivity contribution < 1.29 is 9.53 Å². The Morgan fingerprint density at radius 2 is 1.81 bits per heavy atom. The summed E-state index contributed by atoms with van der Waals surface area (Å²) in [4.78, 5) is 12.9. The first kappa shape index (κ1) is 17.6. The SMILES string of the molecule is CCC(Oc1ccc(C)c(C)c1)C(=O)Nc1ccc2c3c(cccc13)CC2. The second-order valence-corrected chi connectivity index (χ2v) is 7.36. The molecular weight excluding hydrogens is 334 g/mol. The van der Waals surface area contributed by atoms with Crippen LogP contribution in [0.15, 0.2) is 48.5 Å². The monoisotopic (exact) mass is 359 g/mol. The van der Waals surface area contributed by atoms with Crippen molar-refractivity contribution >= 4 is 22.4 Å². The fourth-order valence-electron chi connectivity index (χ4n) is 3.84. The Morgan fingerprint density at radius 1 is 1.04 bits per heavy atom. The Labute approximate surface area is 160 Å². The summed E-state index contributed by atoms with van der Waals surface area (Å²) in [5.74, 6) is 0.634. The minimum atomic E-state index is -0.518. The highest BCUT2D eigenvalue weighted by Crippen LogP contribution is 2.35. The van der Waals surface area contributed by atoms with Crippen LogP contribution in [0, 0.1) is 13.8 Å². The minimum Gasteiger partial charge on any atom is -0.481 e. The van der Waals surface area contributed by atoms with Gasteiger partial charge in [0, 0.05) is 11.1 Å². The quantitative estimate of drug-likeness (QED) is 0.667. The number of anilines is 1. The zero-order chi connectivity index (χ0) is 19.0. The summed E-state index contributed by atoms with van der Waals surface area (Å²) in [6.07, 6.45) is 2.25. The molecule has 3 aromatic carbocycles. The van der Waals surface area contributed by atoms with Crippen molar-refractivity contribution in [1.29, 1.82) is 0 Å². The Kier molecular flexibility index (Phi) is 4.61. The number of hydrogen-bond donors (Lipinski definition) is 1. The van der Waals surface area contributed by atoms with Gasteiger partial charge in [0.05, 0.1) is 0 Å². The molecule has 1 aliphatic carbocycles. The predicted octanol–water partition coefficient (Wildman–Crippen LogP) is 5.35. The van der Waals surface area contributed by atoms with Crippen molar-refractivity contribution in [3.63, 3.8) is 0 Å². The number of ether oxygens (including phenoxy) is 1. The number of benzene rings is 3. The van der Waals surface area contributed by atoms with Gasteiger partial charge in [-0.05, 0) is 78.9 Å². The Morgan fingerprint density at radius 3 is 2.56 bits per heavy atom. The predicted molar refractivity (Wildman–Crippen MR) is 111 cm³/mol. The molecule has 138 valence electrons. The van der Waals surface area contributed by atoms with Crippen LogP contribution in [-0.2, 0) is 17.6 Å². The first-order valence-electron chi connectivity index (χ1n) is 9.65. The first-order chi connectivity index (χ1) is 13.1. The van der Waals surface area contributed by atoms with Crippen molar-refractivity contribution in [3.8, 4) is 5.75 Å². The van der Waals surface area contributed by atoms with Gasteiger partial charge in [-0.25, -0.2) is 0 Å². The van der Waals surface area contributed by atoms with Gasteiger partial charge in [-0.15, -0.1) is 0 Å². The van der Waals surface area contributed by atoms with Crippen molar-refractivity contribution in [2.24, 2.45) is 0 Å². The second kappa shape index (κ2) is 7.07. The van der Waals surface area contributed by atoms with Gasteiger partial charge >= 0.3 is 0 Å². The maximum Gasteiger partial charge on any atom is 0.265 e. The van der Waals surface area contributed by atoms with E-state index in [1.807, 2.05) is 31.2 Å². The highest BCUT2D eigenvalue weighted by atomic mass is 16.5. The van der Waals surface area contributed by atoms with Crippen LogP contribution in [0.3, 0.4) is 0 Å². The number of rotatable bonds is 5. The molecule has 3 heteroatoms. The average Bonchev–Trinajstić information content (AvgIpc) is 3.09. The van der Waals surface area contributed by atoms with E-state index in [1.54, 1.807) is 0 Å². The van der Waals surface area contributed by atoms with Crippen LogP contribution in [0.4, 0.5) is 5.69 Å². The molecule has 1 aliphatic rings. The number of carbonyl (C=O) groups excluding carboxylic acids is 1. The molecular formula is C24H25NO2. The van der Waals surface area contributed by atoms with E-state index in [0.29, 0.717) is 6.42 Å². The van der Waals surface area contributed by atoms with Gasteiger partial charge in [-0.2, -0.15) is 0 Å². The summed E-state index contributed by atoms with van der Waals surface area (Å²) in [6, 6.07) is 16.5. The molecule has 1 N–H and O–H groups in total. The standard InChI is InChI=1S/C24H25NO2/c1-4-22(27-19-12-8-15(2)16(3)14-19)24(26)25-21-13-11-18-10-9-17-6-5-7-20(21)23(17)18/h5-8,11-14,22H,4,9-10H2,1-3H3,(H,25,26). The largest absolute Gasteiger partial charge is 0.481 e. The molecule has 1 amide bonds. The lowest BCUT2D eigenvalue weighted by Crippen LogP contribution is -2.32. The summed E-state index contributed by atoms with van der Waals surface area (Å²) in [6.45, 7) is 6.09. The Hall–Kier alpha value is -2.81. The molecule has 0 heterocycles. The summed E-state index contributed by atoms with van der Waals surface area (Å²) in [5.41, 5.74) is 5.99. The summed E-state index contributed by atoms with van der Waals surface area (Å²) in [5, 5.41) is 5.53. The molecule has 0 aliphatic heterocycles. The van der Waals surface area contributed by atoms with Gasteiger partial charge in [0.25, 0.3) is 5.91 Å². The lowest BCUT2D eigenvalue weighted by Gasteiger charge is -2.19. The fourth-order valence-corrected chi connectivity index (χ4v) is 3.84. The molecule has 0 radical (unpaired) electrons. The van der Waals surface area contributed by atoms with Crippen LogP contribution in [-0.4, -0.2) is 12.0 Å². The third-order valence-electron chi connectivity index (χ3n) is 5.55. The summed E-state index contributed by atoms with van der Waals surface area (Å²) in [7, 11) is 0. The van der Waals surface area contributed by atoms with Crippen LogP contribution in [0.2, 0.25) is 0 Å². The van der Waals surface area contributed by atoms with E-state index in [0.717, 1.165) is 35.2 Å². The molecule has 0 aromatic heterocycles. The van der Waals surface area contributed by atoms with E-state index in [2.05, 4.69) is 43.4 Å². The zero-order valence-electron chi connectivity index (χ0n) is 16.1. The third-order valence-corrected chi connectivity index (χ3v) is 5.55. The topological polar surface area (TPSA) is 38.3 Å². The number of carbonyl (C=O) groups is 1. The van der Waals surface area contributed by atoms with Crippen LogP contribution in [0.5, 0.6) is 5.75 Å². The fraction of sp³-hybridized carbons (Fsp3) is 0.292. The van der Waals surface area contributed by atoms with E-state index in [-0.39, 0.29) is 5.91 Å². The minimum absolute atomic E-state index is 0.102. The summed E-state index contributed by atoms with van der Waals surface area (Å²) >= 11 is 0. The molecule has 4 rings (SSSR count). The smallest absolute Gasteiger partial charge is 0.265 e. The lowest BCUT2D eigenvalue weighted by molar-refractivity contribution is -0.122. The molecule has 3 aromatic rings. The molecule has 1 unspecified atom stereocenters. The van der Waals surface area contributed by atoms with E-state index in [1.165, 1.54) is 22.1 Å². The molecule has 1 atom stereocenters. The molecule has 27 heavy (non-hydrogen) atoms. The van der Waals surface area contributed by atoms with Crippen molar-refractivity contribution in [2.75, 3.05) is 5.32 Å².